The average Bonchev–Trinajstić information content (AvgIpc) is 2.69. The van der Waals surface area contributed by atoms with Crippen LogP contribution in [0.4, 0.5) is 11.4 Å². The highest BCUT2D eigenvalue weighted by Gasteiger charge is 2.24. The highest BCUT2D eigenvalue weighted by Crippen LogP contribution is 2.23. The second-order valence-electron chi connectivity index (χ2n) is 6.60. The average molecular weight is 406 g/mol. The number of rotatable bonds is 6. The first kappa shape index (κ1) is 21.7. The van der Waals surface area contributed by atoms with E-state index in [1.54, 1.807) is 12.3 Å². The molecule has 1 amide bonds. The van der Waals surface area contributed by atoms with Gasteiger partial charge in [-0.2, -0.15) is 0 Å². The van der Waals surface area contributed by atoms with Crippen LogP contribution in [0.5, 0.6) is 0 Å². The molecule has 0 aliphatic carbocycles. The number of anilines is 1. The smallest absolute Gasteiger partial charge is 0.271 e. The van der Waals surface area contributed by atoms with Gasteiger partial charge in [0.25, 0.3) is 5.69 Å². The van der Waals surface area contributed by atoms with Gasteiger partial charge in [0, 0.05) is 63.2 Å². The number of halogens is 1. The van der Waals surface area contributed by atoms with E-state index in [1.165, 1.54) is 12.1 Å². The van der Waals surface area contributed by atoms with Crippen LogP contribution in [0.3, 0.4) is 0 Å². The van der Waals surface area contributed by atoms with Crippen LogP contribution in [0.25, 0.3) is 0 Å². The number of nitrogens with zero attached hydrogens (tertiary/aromatic N) is 3. The van der Waals surface area contributed by atoms with E-state index in [4.69, 9.17) is 0 Å². The van der Waals surface area contributed by atoms with E-state index in [9.17, 15) is 14.9 Å². The summed E-state index contributed by atoms with van der Waals surface area (Å²) in [7, 11) is 0. The van der Waals surface area contributed by atoms with Gasteiger partial charge >= 0.3 is 0 Å². The summed E-state index contributed by atoms with van der Waals surface area (Å²) in [5.74, 6) is -0.151. The van der Waals surface area contributed by atoms with Gasteiger partial charge in [0.2, 0.25) is 5.91 Å². The lowest BCUT2D eigenvalue weighted by atomic mass is 10.1. The molecule has 0 bridgehead atoms. The van der Waals surface area contributed by atoms with Gasteiger partial charge in [-0.1, -0.05) is 12.1 Å². The molecule has 2 aromatic rings. The van der Waals surface area contributed by atoms with E-state index in [-0.39, 0.29) is 30.0 Å². The fraction of sp³-hybridized carbons (Fsp3) is 0.368. The number of hydrogen-bond acceptors (Lipinski definition) is 6. The Morgan fingerprint density at radius 3 is 2.96 bits per heavy atom. The predicted molar refractivity (Wildman–Crippen MR) is 110 cm³/mol. The number of non-ortho nitro benzene ring substituents is 1. The Morgan fingerprint density at radius 2 is 2.25 bits per heavy atom. The number of hydrogen-bond donors (Lipinski definition) is 2. The lowest BCUT2D eigenvalue weighted by Gasteiger charge is -2.36. The minimum Gasteiger partial charge on any atom is -0.326 e. The molecule has 1 aliphatic heterocycles. The first-order chi connectivity index (χ1) is 13.0. The zero-order valence-electron chi connectivity index (χ0n) is 15.6. The predicted octanol–water partition coefficient (Wildman–Crippen LogP) is 2.70. The van der Waals surface area contributed by atoms with E-state index in [2.05, 4.69) is 20.5 Å². The fourth-order valence-corrected chi connectivity index (χ4v) is 3.23. The Kier molecular flexibility index (Phi) is 7.86. The maximum absolute atomic E-state index is 12.4. The molecule has 1 aromatic carbocycles. The Bertz CT molecular complexity index is 818. The largest absolute Gasteiger partial charge is 0.326 e. The van der Waals surface area contributed by atoms with Crippen molar-refractivity contribution in [3.63, 3.8) is 0 Å². The normalized spacial score (nSPS) is 16.8. The van der Waals surface area contributed by atoms with Crippen molar-refractivity contribution in [2.75, 3.05) is 31.5 Å². The zero-order chi connectivity index (χ0) is 19.2. The van der Waals surface area contributed by atoms with Gasteiger partial charge in [0.15, 0.2) is 0 Å². The summed E-state index contributed by atoms with van der Waals surface area (Å²) in [6, 6.07) is 8.62. The van der Waals surface area contributed by atoms with Crippen molar-refractivity contribution in [1.82, 2.24) is 15.2 Å². The molecule has 1 fully saturated rings. The molecule has 1 aliphatic rings. The Balaban J connectivity index is 0.00000280. The van der Waals surface area contributed by atoms with E-state index in [0.29, 0.717) is 18.7 Å². The van der Waals surface area contributed by atoms with Gasteiger partial charge in [-0.05, 0) is 24.1 Å². The van der Waals surface area contributed by atoms with Crippen LogP contribution in [0.2, 0.25) is 0 Å². The van der Waals surface area contributed by atoms with Crippen LogP contribution in [-0.4, -0.2) is 46.9 Å². The van der Waals surface area contributed by atoms with Crippen molar-refractivity contribution in [2.45, 2.75) is 19.4 Å². The quantitative estimate of drug-likeness (QED) is 0.566. The van der Waals surface area contributed by atoms with E-state index >= 15 is 0 Å². The molecular formula is C19H24ClN5O3. The molecule has 8 nitrogen and oxygen atoms in total. The SMILES string of the molecule is Cc1ccc([N+](=O)[O-])cc1NC(=O)CCN1CCNCC1c1cccnc1.Cl. The Labute approximate surface area is 169 Å². The van der Waals surface area contributed by atoms with Crippen LogP contribution < -0.4 is 10.6 Å². The van der Waals surface area contributed by atoms with Gasteiger partial charge in [0.1, 0.15) is 0 Å². The number of nitro benzene ring substituents is 1. The molecule has 0 saturated carbocycles. The number of aryl methyl sites for hydroxylation is 1. The summed E-state index contributed by atoms with van der Waals surface area (Å²) in [5.41, 5.74) is 2.37. The third-order valence-electron chi connectivity index (χ3n) is 4.76. The summed E-state index contributed by atoms with van der Waals surface area (Å²) in [6.07, 6.45) is 3.93. The van der Waals surface area contributed by atoms with Gasteiger partial charge in [-0.25, -0.2) is 0 Å². The van der Waals surface area contributed by atoms with Crippen molar-refractivity contribution in [3.8, 4) is 0 Å². The Morgan fingerprint density at radius 1 is 1.43 bits per heavy atom. The number of nitrogens with one attached hydrogen (secondary N) is 2. The molecule has 0 radical (unpaired) electrons. The highest BCUT2D eigenvalue weighted by atomic mass is 35.5. The minimum atomic E-state index is -0.464. The van der Waals surface area contributed by atoms with Crippen molar-refractivity contribution in [1.29, 1.82) is 0 Å². The van der Waals surface area contributed by atoms with Crippen LogP contribution in [0, 0.1) is 17.0 Å². The number of amides is 1. The number of piperazine rings is 1. The summed E-state index contributed by atoms with van der Waals surface area (Å²) < 4.78 is 0. The van der Waals surface area contributed by atoms with E-state index in [0.717, 1.165) is 30.8 Å². The van der Waals surface area contributed by atoms with Crippen LogP contribution >= 0.6 is 12.4 Å². The van der Waals surface area contributed by atoms with E-state index in [1.807, 2.05) is 25.3 Å². The third kappa shape index (κ3) is 5.48. The third-order valence-corrected chi connectivity index (χ3v) is 4.76. The zero-order valence-corrected chi connectivity index (χ0v) is 16.4. The maximum Gasteiger partial charge on any atom is 0.271 e. The van der Waals surface area contributed by atoms with Crippen molar-refractivity contribution in [3.05, 3.63) is 64.0 Å². The van der Waals surface area contributed by atoms with Gasteiger partial charge in [-0.3, -0.25) is 24.8 Å². The molecule has 0 spiro atoms. The number of carbonyl (C=O) groups excluding carboxylic acids is 1. The number of nitro groups is 1. The lowest BCUT2D eigenvalue weighted by molar-refractivity contribution is -0.384. The molecule has 1 atom stereocenters. The van der Waals surface area contributed by atoms with Crippen LogP contribution in [0.15, 0.2) is 42.7 Å². The number of benzene rings is 1. The summed E-state index contributed by atoms with van der Waals surface area (Å²) in [4.78, 5) is 29.3. The van der Waals surface area contributed by atoms with Crippen molar-refractivity contribution >= 4 is 29.7 Å². The topological polar surface area (TPSA) is 100 Å². The summed E-state index contributed by atoms with van der Waals surface area (Å²) in [5, 5.41) is 17.1. The minimum absolute atomic E-state index is 0. The second kappa shape index (κ2) is 10.1. The molecule has 2 heterocycles. The maximum atomic E-state index is 12.4. The molecule has 1 saturated heterocycles. The fourth-order valence-electron chi connectivity index (χ4n) is 3.23. The number of aromatic nitrogens is 1. The van der Waals surface area contributed by atoms with Crippen molar-refractivity contribution in [2.24, 2.45) is 0 Å². The first-order valence-corrected chi connectivity index (χ1v) is 8.94. The molecule has 28 heavy (non-hydrogen) atoms. The molecule has 1 unspecified atom stereocenters. The monoisotopic (exact) mass is 405 g/mol. The molecule has 2 N–H and O–H groups in total. The van der Waals surface area contributed by atoms with Crippen LogP contribution in [0.1, 0.15) is 23.6 Å². The molecule has 9 heteroatoms. The number of carbonyl (C=O) groups is 1. The standard InChI is InChI=1S/C19H23N5O3.ClH/c1-14-4-5-16(24(26)27)11-17(14)22-19(25)6-9-23-10-8-21-13-18(23)15-3-2-7-20-12-15;/h2-5,7,11-12,18,21H,6,8-10,13H2,1H3,(H,22,25);1H. The highest BCUT2D eigenvalue weighted by molar-refractivity contribution is 5.92. The van der Waals surface area contributed by atoms with Gasteiger partial charge < -0.3 is 10.6 Å². The van der Waals surface area contributed by atoms with Crippen molar-refractivity contribution < 1.29 is 9.72 Å². The van der Waals surface area contributed by atoms with Gasteiger partial charge in [0.05, 0.1) is 10.6 Å². The molecule has 150 valence electrons. The molecule has 1 aromatic heterocycles. The van der Waals surface area contributed by atoms with Gasteiger partial charge in [-0.15, -0.1) is 12.4 Å². The Hall–Kier alpha value is -2.55. The lowest BCUT2D eigenvalue weighted by Crippen LogP contribution is -2.46. The van der Waals surface area contributed by atoms with E-state index < -0.39 is 4.92 Å². The second-order valence-corrected chi connectivity index (χ2v) is 6.60. The summed E-state index contributed by atoms with van der Waals surface area (Å²) >= 11 is 0. The summed E-state index contributed by atoms with van der Waals surface area (Å²) in [6.45, 7) is 4.97. The molecule has 3 rings (SSSR count). The molecular weight excluding hydrogens is 382 g/mol. The number of pyridine rings is 1. The first-order valence-electron chi connectivity index (χ1n) is 8.94. The van der Waals surface area contributed by atoms with Crippen LogP contribution in [-0.2, 0) is 4.79 Å².